The first-order valence-corrected chi connectivity index (χ1v) is 7.92. The molecule has 0 saturated heterocycles. The topological polar surface area (TPSA) is 106 Å². The summed E-state index contributed by atoms with van der Waals surface area (Å²) in [6.45, 7) is 0. The first-order chi connectivity index (χ1) is 12.6. The molecule has 4 aromatic rings. The third-order valence-corrected chi connectivity index (χ3v) is 3.98. The lowest BCUT2D eigenvalue weighted by molar-refractivity contribution is 0.0697. The van der Waals surface area contributed by atoms with Gasteiger partial charge in [-0.2, -0.15) is 4.98 Å². The van der Waals surface area contributed by atoms with Crippen molar-refractivity contribution in [3.05, 3.63) is 72.4 Å². The second-order valence-electron chi connectivity index (χ2n) is 5.75. The number of carboxylic acids is 1. The number of nitrogens with two attached hydrogens (primary N) is 1. The van der Waals surface area contributed by atoms with Gasteiger partial charge < -0.3 is 16.2 Å². The van der Waals surface area contributed by atoms with Gasteiger partial charge in [0.1, 0.15) is 0 Å². The summed E-state index contributed by atoms with van der Waals surface area (Å²) in [5.41, 5.74) is 9.82. The summed E-state index contributed by atoms with van der Waals surface area (Å²) in [6, 6.07) is 17.9. The number of aromatic nitrogens is 3. The van der Waals surface area contributed by atoms with Gasteiger partial charge in [0.25, 0.3) is 0 Å². The van der Waals surface area contributed by atoms with E-state index in [1.807, 2.05) is 42.6 Å². The van der Waals surface area contributed by atoms with E-state index in [9.17, 15) is 4.79 Å². The van der Waals surface area contributed by atoms with Gasteiger partial charge >= 0.3 is 5.97 Å². The Hall–Kier alpha value is -3.87. The zero-order valence-corrected chi connectivity index (χ0v) is 13.6. The molecule has 7 nitrogen and oxygen atoms in total. The van der Waals surface area contributed by atoms with Gasteiger partial charge in [-0.05, 0) is 42.0 Å². The largest absolute Gasteiger partial charge is 0.478 e. The van der Waals surface area contributed by atoms with Crippen LogP contribution < -0.4 is 11.1 Å². The van der Waals surface area contributed by atoms with Crippen molar-refractivity contribution < 1.29 is 9.90 Å². The fourth-order valence-corrected chi connectivity index (χ4v) is 2.67. The van der Waals surface area contributed by atoms with Gasteiger partial charge in [-0.25, -0.2) is 9.31 Å². The number of aromatic carboxylic acids is 1. The molecular formula is C19H15N5O2. The third kappa shape index (κ3) is 2.93. The van der Waals surface area contributed by atoms with Crippen molar-refractivity contribution >= 4 is 28.9 Å². The van der Waals surface area contributed by atoms with Crippen LogP contribution in [0.25, 0.3) is 16.8 Å². The van der Waals surface area contributed by atoms with Gasteiger partial charge in [0.05, 0.1) is 16.9 Å². The normalized spacial score (nSPS) is 10.8. The fourth-order valence-electron chi connectivity index (χ4n) is 2.67. The predicted molar refractivity (Wildman–Crippen MR) is 99.5 cm³/mol. The van der Waals surface area contributed by atoms with E-state index in [2.05, 4.69) is 15.4 Å². The van der Waals surface area contributed by atoms with Crippen LogP contribution in [0.4, 0.5) is 17.3 Å². The molecule has 0 saturated carbocycles. The lowest BCUT2D eigenvalue weighted by atomic mass is 10.1. The third-order valence-electron chi connectivity index (χ3n) is 3.98. The molecule has 0 bridgehead atoms. The van der Waals surface area contributed by atoms with Crippen LogP contribution in [-0.2, 0) is 0 Å². The van der Waals surface area contributed by atoms with E-state index in [4.69, 9.17) is 10.8 Å². The van der Waals surface area contributed by atoms with Crippen molar-refractivity contribution in [1.29, 1.82) is 0 Å². The highest BCUT2D eigenvalue weighted by atomic mass is 16.4. The average Bonchev–Trinajstić information content (AvgIpc) is 3.05. The van der Waals surface area contributed by atoms with Crippen LogP contribution in [0.3, 0.4) is 0 Å². The molecule has 2 aromatic carbocycles. The van der Waals surface area contributed by atoms with Gasteiger partial charge in [-0.1, -0.05) is 24.3 Å². The van der Waals surface area contributed by atoms with E-state index in [1.54, 1.807) is 28.8 Å². The van der Waals surface area contributed by atoms with E-state index >= 15 is 0 Å². The summed E-state index contributed by atoms with van der Waals surface area (Å²) in [5, 5.41) is 16.7. The summed E-state index contributed by atoms with van der Waals surface area (Å²) >= 11 is 0. The van der Waals surface area contributed by atoms with Crippen LogP contribution in [0.1, 0.15) is 10.4 Å². The molecule has 0 aliphatic carbocycles. The summed E-state index contributed by atoms with van der Waals surface area (Å²) in [6.07, 6.45) is 1.81. The minimum atomic E-state index is -0.958. The van der Waals surface area contributed by atoms with Crippen LogP contribution in [0, 0.1) is 0 Å². The second-order valence-corrected chi connectivity index (χ2v) is 5.75. The lowest BCUT2D eigenvalue weighted by Crippen LogP contribution is -1.97. The number of nitrogen functional groups attached to an aromatic ring is 1. The molecule has 0 aliphatic rings. The number of hydrogen-bond donors (Lipinski definition) is 3. The number of benzene rings is 2. The first-order valence-electron chi connectivity index (χ1n) is 7.92. The second kappa shape index (κ2) is 6.21. The minimum absolute atomic E-state index is 0.239. The van der Waals surface area contributed by atoms with Crippen molar-refractivity contribution in [2.75, 3.05) is 11.1 Å². The predicted octanol–water partition coefficient (Wildman–Crippen LogP) is 3.42. The van der Waals surface area contributed by atoms with Crippen molar-refractivity contribution in [2.24, 2.45) is 0 Å². The van der Waals surface area contributed by atoms with Crippen LogP contribution in [0.15, 0.2) is 66.9 Å². The number of fused-ring (bicyclic) bond motifs is 1. The number of carboxylic acid groups (broad SMARTS) is 1. The highest BCUT2D eigenvalue weighted by molar-refractivity contribution is 5.89. The van der Waals surface area contributed by atoms with Crippen LogP contribution in [0.5, 0.6) is 0 Å². The molecular weight excluding hydrogens is 330 g/mol. The summed E-state index contributed by atoms with van der Waals surface area (Å²) < 4.78 is 1.64. The zero-order valence-electron chi connectivity index (χ0n) is 13.6. The van der Waals surface area contributed by atoms with Crippen LogP contribution >= 0.6 is 0 Å². The number of hydrogen-bond acceptors (Lipinski definition) is 5. The number of nitrogens with zero attached hydrogens (tertiary/aromatic N) is 3. The van der Waals surface area contributed by atoms with Gasteiger partial charge in [0.15, 0.2) is 5.65 Å². The Morgan fingerprint density at radius 2 is 1.88 bits per heavy atom. The minimum Gasteiger partial charge on any atom is -0.478 e. The van der Waals surface area contributed by atoms with E-state index in [1.165, 1.54) is 0 Å². The number of rotatable bonds is 4. The molecule has 26 heavy (non-hydrogen) atoms. The highest BCUT2D eigenvalue weighted by Crippen LogP contribution is 2.23. The Morgan fingerprint density at radius 3 is 2.69 bits per heavy atom. The molecule has 7 heteroatoms. The number of pyridine rings is 1. The van der Waals surface area contributed by atoms with Gasteiger partial charge in [0.2, 0.25) is 5.95 Å². The molecule has 4 rings (SSSR count). The maximum Gasteiger partial charge on any atom is 0.335 e. The summed E-state index contributed by atoms with van der Waals surface area (Å²) in [5.74, 6) is -0.528. The first kappa shape index (κ1) is 15.6. The number of para-hydroxylation sites is 2. The summed E-state index contributed by atoms with van der Waals surface area (Å²) in [4.78, 5) is 15.6. The van der Waals surface area contributed by atoms with Gasteiger partial charge in [0, 0.05) is 11.8 Å². The summed E-state index contributed by atoms with van der Waals surface area (Å²) in [7, 11) is 0. The van der Waals surface area contributed by atoms with Crippen molar-refractivity contribution in [3.63, 3.8) is 0 Å². The quantitative estimate of drug-likeness (QED) is 0.489. The Kier molecular flexibility index (Phi) is 3.74. The van der Waals surface area contributed by atoms with Crippen molar-refractivity contribution in [1.82, 2.24) is 14.6 Å². The smallest absolute Gasteiger partial charge is 0.335 e. The molecule has 2 heterocycles. The van der Waals surface area contributed by atoms with E-state index in [0.717, 1.165) is 16.8 Å². The van der Waals surface area contributed by atoms with Crippen molar-refractivity contribution in [3.8, 4) is 11.1 Å². The molecule has 4 N–H and O–H groups in total. The molecule has 0 radical (unpaired) electrons. The van der Waals surface area contributed by atoms with E-state index in [-0.39, 0.29) is 5.56 Å². The molecule has 0 unspecified atom stereocenters. The molecule has 0 fully saturated rings. The maximum atomic E-state index is 11.2. The Morgan fingerprint density at radius 1 is 1.04 bits per heavy atom. The van der Waals surface area contributed by atoms with Gasteiger partial charge in [-0.3, -0.25) is 0 Å². The standard InChI is InChI=1S/C19H15N5O2/c20-15-6-1-2-7-16(15)21-19-22-17-9-8-14(11-24(17)23-19)12-4-3-5-13(10-12)18(25)26/h1-11H,20H2,(H,21,23)(H,25,26). The molecule has 0 atom stereocenters. The zero-order chi connectivity index (χ0) is 18.1. The monoisotopic (exact) mass is 345 g/mol. The Balaban J connectivity index is 1.69. The lowest BCUT2D eigenvalue weighted by Gasteiger charge is -2.04. The van der Waals surface area contributed by atoms with Crippen molar-refractivity contribution in [2.45, 2.75) is 0 Å². The number of carbonyl (C=O) groups is 1. The van der Waals surface area contributed by atoms with Crippen LogP contribution in [0.2, 0.25) is 0 Å². The number of nitrogens with one attached hydrogen (secondary N) is 1. The molecule has 0 spiro atoms. The average molecular weight is 345 g/mol. The maximum absolute atomic E-state index is 11.2. The highest BCUT2D eigenvalue weighted by Gasteiger charge is 2.09. The molecule has 0 aliphatic heterocycles. The number of anilines is 3. The molecule has 128 valence electrons. The van der Waals surface area contributed by atoms with E-state index < -0.39 is 5.97 Å². The Bertz CT molecular complexity index is 1120. The SMILES string of the molecule is Nc1ccccc1Nc1nc2ccc(-c3cccc(C(=O)O)c3)cn2n1. The van der Waals surface area contributed by atoms with E-state index in [0.29, 0.717) is 17.3 Å². The fraction of sp³-hybridized carbons (Fsp3) is 0. The van der Waals surface area contributed by atoms with Gasteiger partial charge in [-0.15, -0.1) is 5.10 Å². The molecule has 2 aromatic heterocycles. The molecule has 0 amide bonds. The van der Waals surface area contributed by atoms with Crippen LogP contribution in [-0.4, -0.2) is 25.7 Å². The Labute approximate surface area is 148 Å².